The molecule has 0 saturated heterocycles. The first-order valence-electron chi connectivity index (χ1n) is 18.0. The van der Waals surface area contributed by atoms with Crippen molar-refractivity contribution in [2.45, 2.75) is 117 Å². The minimum absolute atomic E-state index is 0.0469. The number of carbonyl (C=O) groups is 6. The molecule has 52 heavy (non-hydrogen) atoms. The number of aldehydes is 1. The van der Waals surface area contributed by atoms with Crippen molar-refractivity contribution in [2.75, 3.05) is 41.4 Å². The van der Waals surface area contributed by atoms with Crippen LogP contribution >= 0.6 is 11.6 Å². The molecular formula is C38H62ClN5O8. The molecule has 3 unspecified atom stereocenters. The molecule has 4 atom stereocenters. The third kappa shape index (κ3) is 15.2. The van der Waals surface area contributed by atoms with Crippen molar-refractivity contribution >= 4 is 47.5 Å². The second-order valence-electron chi connectivity index (χ2n) is 15.0. The van der Waals surface area contributed by atoms with Crippen LogP contribution in [0, 0.1) is 11.8 Å². The van der Waals surface area contributed by atoms with E-state index in [1.54, 1.807) is 38.1 Å². The fourth-order valence-electron chi connectivity index (χ4n) is 5.57. The zero-order valence-corrected chi connectivity index (χ0v) is 33.7. The summed E-state index contributed by atoms with van der Waals surface area (Å²) >= 11 is 6.27. The molecule has 0 aliphatic heterocycles. The van der Waals surface area contributed by atoms with Gasteiger partial charge in [0, 0.05) is 52.7 Å². The summed E-state index contributed by atoms with van der Waals surface area (Å²) in [7, 11) is 5.78. The Labute approximate surface area is 315 Å². The topological polar surface area (TPSA) is 157 Å². The Bertz CT molecular complexity index is 1350. The minimum atomic E-state index is -1.31. The highest BCUT2D eigenvalue weighted by Gasteiger charge is 2.38. The van der Waals surface area contributed by atoms with Crippen LogP contribution in [0.4, 0.5) is 4.79 Å². The van der Waals surface area contributed by atoms with Crippen LogP contribution in [0.5, 0.6) is 0 Å². The number of halogens is 1. The lowest BCUT2D eigenvalue weighted by molar-refractivity contribution is -0.148. The Morgan fingerprint density at radius 2 is 1.54 bits per heavy atom. The number of amides is 6. The number of aliphatic hydroxyl groups is 1. The number of ether oxygens (including phenoxy) is 1. The maximum Gasteiger partial charge on any atom is 0.326 e. The molecule has 6 amide bonds. The lowest BCUT2D eigenvalue weighted by Gasteiger charge is -2.36. The van der Waals surface area contributed by atoms with E-state index in [9.17, 15) is 33.9 Å². The lowest BCUT2D eigenvalue weighted by atomic mass is 9.99. The molecule has 13 nitrogen and oxygen atoms in total. The second kappa shape index (κ2) is 21.9. The number of likely N-dealkylation sites (N-methyl/N-ethyl adjacent to an activating group) is 3. The Kier molecular flexibility index (Phi) is 19.5. The molecule has 0 fully saturated rings. The molecule has 0 spiro atoms. The molecule has 1 aromatic rings. The summed E-state index contributed by atoms with van der Waals surface area (Å²) in [6.07, 6.45) is 2.38. The number of nitrogens with one attached hydrogen (secondary N) is 1. The van der Waals surface area contributed by atoms with E-state index in [0.717, 1.165) is 11.2 Å². The van der Waals surface area contributed by atoms with E-state index in [1.165, 1.54) is 42.9 Å². The normalized spacial score (nSPS) is 13.9. The van der Waals surface area contributed by atoms with Crippen molar-refractivity contribution in [3.63, 3.8) is 0 Å². The number of benzene rings is 1. The third-order valence-electron chi connectivity index (χ3n) is 8.78. The zero-order valence-electron chi connectivity index (χ0n) is 33.0. The van der Waals surface area contributed by atoms with E-state index >= 15 is 0 Å². The van der Waals surface area contributed by atoms with E-state index in [1.807, 2.05) is 34.6 Å². The zero-order chi connectivity index (χ0) is 39.9. The van der Waals surface area contributed by atoms with Crippen molar-refractivity contribution < 1.29 is 38.6 Å². The highest BCUT2D eigenvalue weighted by Crippen LogP contribution is 2.20. The van der Waals surface area contributed by atoms with Crippen LogP contribution in [0.2, 0.25) is 5.02 Å². The van der Waals surface area contributed by atoms with Crippen LogP contribution in [0.25, 0.3) is 0 Å². The van der Waals surface area contributed by atoms with Crippen molar-refractivity contribution in [2.24, 2.45) is 11.8 Å². The monoisotopic (exact) mass is 751 g/mol. The van der Waals surface area contributed by atoms with E-state index < -0.39 is 53.5 Å². The fourth-order valence-corrected chi connectivity index (χ4v) is 5.79. The molecule has 1 rings (SSSR count). The molecule has 1 aromatic carbocycles. The first-order valence-corrected chi connectivity index (χ1v) is 18.4. The molecular weight excluding hydrogens is 690 g/mol. The summed E-state index contributed by atoms with van der Waals surface area (Å²) < 4.78 is 5.82. The maximum absolute atomic E-state index is 14.4. The van der Waals surface area contributed by atoms with Crippen LogP contribution in [-0.4, -0.2) is 132 Å². The van der Waals surface area contributed by atoms with Crippen molar-refractivity contribution in [1.29, 1.82) is 0 Å². The quantitative estimate of drug-likeness (QED) is 0.140. The number of carbonyl (C=O) groups excluding carboxylic acids is 6. The number of urea groups is 1. The molecule has 14 heteroatoms. The third-order valence-corrected chi connectivity index (χ3v) is 9.02. The van der Waals surface area contributed by atoms with Gasteiger partial charge in [0.2, 0.25) is 23.6 Å². The van der Waals surface area contributed by atoms with E-state index in [-0.39, 0.29) is 56.6 Å². The molecule has 2 N–H and O–H groups in total. The van der Waals surface area contributed by atoms with Crippen LogP contribution in [0.3, 0.4) is 0 Å². The predicted molar refractivity (Wildman–Crippen MR) is 202 cm³/mol. The first-order chi connectivity index (χ1) is 24.1. The Morgan fingerprint density at radius 3 is 2.06 bits per heavy atom. The molecule has 0 aliphatic rings. The largest absolute Gasteiger partial charge is 0.390 e. The highest BCUT2D eigenvalue weighted by atomic mass is 35.5. The van der Waals surface area contributed by atoms with Gasteiger partial charge in [0.25, 0.3) is 0 Å². The van der Waals surface area contributed by atoms with Crippen molar-refractivity contribution in [3.8, 4) is 0 Å². The SMILES string of the molecule is CCCC(=O)N(C)C(=O)N(C)C(CC(C)C)C(=O)NC(COCCC(C)(C)O)C(=O)N(C)[C@@H](Cc1cccc(Cl)c1)C(=O)N(C)C(C=O)CC(C)C. The first kappa shape index (κ1) is 46.5. The highest BCUT2D eigenvalue weighted by molar-refractivity contribution is 6.30. The van der Waals surface area contributed by atoms with Gasteiger partial charge in [-0.05, 0) is 69.1 Å². The van der Waals surface area contributed by atoms with Crippen LogP contribution in [0.15, 0.2) is 24.3 Å². The number of imide groups is 1. The Hall–Kier alpha value is -3.55. The van der Waals surface area contributed by atoms with Gasteiger partial charge in [-0.15, -0.1) is 0 Å². The molecule has 0 heterocycles. The maximum atomic E-state index is 14.4. The summed E-state index contributed by atoms with van der Waals surface area (Å²) in [6.45, 7) is 12.5. The summed E-state index contributed by atoms with van der Waals surface area (Å²) in [5.41, 5.74) is -0.373. The second-order valence-corrected chi connectivity index (χ2v) is 15.5. The van der Waals surface area contributed by atoms with E-state index in [2.05, 4.69) is 5.32 Å². The van der Waals surface area contributed by atoms with Crippen LogP contribution < -0.4 is 5.32 Å². The number of hydrogen-bond donors (Lipinski definition) is 2. The standard InChI is InChI=1S/C38H62ClN5O8/c1-12-14-33(46)44(11)37(50)43(10)31(20-26(4)5)34(47)40-30(24-52-18-17-38(6,7)51)35(48)42(9)32(22-27-15-13-16-28(39)21-27)36(49)41(8)29(23-45)19-25(2)3/h13,15-16,21,23,25-26,29-32,51H,12,14,17-20,22,24H2,1-11H3,(H,40,47)/t29?,30?,31?,32-/m0/s1. The number of rotatable bonds is 21. The van der Waals surface area contributed by atoms with Gasteiger partial charge in [-0.2, -0.15) is 0 Å². The van der Waals surface area contributed by atoms with Gasteiger partial charge in [-0.1, -0.05) is 58.4 Å². The lowest BCUT2D eigenvalue weighted by Crippen LogP contribution is -2.60. The summed E-state index contributed by atoms with van der Waals surface area (Å²) in [5, 5.41) is 13.4. The van der Waals surface area contributed by atoms with E-state index in [0.29, 0.717) is 23.4 Å². The summed E-state index contributed by atoms with van der Waals surface area (Å²) in [6, 6.07) is 2.03. The van der Waals surface area contributed by atoms with Gasteiger partial charge in [0.05, 0.1) is 18.2 Å². The average molecular weight is 752 g/mol. The van der Waals surface area contributed by atoms with Crippen LogP contribution in [0.1, 0.15) is 86.1 Å². The van der Waals surface area contributed by atoms with Gasteiger partial charge in [-0.25, -0.2) is 4.79 Å². The predicted octanol–water partition coefficient (Wildman–Crippen LogP) is 4.17. The molecule has 0 radical (unpaired) electrons. The van der Waals surface area contributed by atoms with Gasteiger partial charge < -0.3 is 34.7 Å². The summed E-state index contributed by atoms with van der Waals surface area (Å²) in [5.74, 6) is -2.09. The molecule has 0 aromatic heterocycles. The van der Waals surface area contributed by atoms with Gasteiger partial charge in [0.1, 0.15) is 24.4 Å². The smallest absolute Gasteiger partial charge is 0.326 e. The number of nitrogens with zero attached hydrogens (tertiary/aromatic N) is 4. The van der Waals surface area contributed by atoms with Gasteiger partial charge >= 0.3 is 6.03 Å². The molecule has 294 valence electrons. The average Bonchev–Trinajstić information content (AvgIpc) is 3.06. The Morgan fingerprint density at radius 1 is 0.923 bits per heavy atom. The van der Waals surface area contributed by atoms with Gasteiger partial charge in [-0.3, -0.25) is 24.1 Å². The van der Waals surface area contributed by atoms with Gasteiger partial charge in [0.15, 0.2) is 0 Å². The molecule has 0 saturated carbocycles. The number of hydrogen-bond acceptors (Lipinski definition) is 8. The van der Waals surface area contributed by atoms with Crippen molar-refractivity contribution in [3.05, 3.63) is 34.9 Å². The van der Waals surface area contributed by atoms with Crippen molar-refractivity contribution in [1.82, 2.24) is 24.9 Å². The van der Waals surface area contributed by atoms with E-state index in [4.69, 9.17) is 16.3 Å². The fraction of sp³-hybridized carbons (Fsp3) is 0.684. The summed E-state index contributed by atoms with van der Waals surface area (Å²) in [4.78, 5) is 85.3. The Balaban J connectivity index is 3.59. The van der Waals surface area contributed by atoms with Crippen LogP contribution in [-0.2, 0) is 35.1 Å². The minimum Gasteiger partial charge on any atom is -0.390 e. The molecule has 0 aliphatic carbocycles. The molecule has 0 bridgehead atoms.